The Labute approximate surface area is 217 Å². The highest BCUT2D eigenvalue weighted by Gasteiger charge is 2.39. The highest BCUT2D eigenvalue weighted by Crippen LogP contribution is 2.37. The van der Waals surface area contributed by atoms with Gasteiger partial charge in [-0.15, -0.1) is 22.7 Å². The third-order valence-corrected chi connectivity index (χ3v) is 7.33. The molecule has 0 atom stereocenters. The Morgan fingerprint density at radius 2 is 0.974 bits per heavy atom. The Morgan fingerprint density at radius 3 is 1.32 bits per heavy atom. The summed E-state index contributed by atoms with van der Waals surface area (Å²) in [4.78, 5) is 31.4. The van der Waals surface area contributed by atoms with Crippen LogP contribution in [0.25, 0.3) is 41.6 Å². The lowest BCUT2D eigenvalue weighted by Gasteiger charge is -2.08. The molecule has 0 unspecified atom stereocenters. The zero-order chi connectivity index (χ0) is 27.2. The van der Waals surface area contributed by atoms with Gasteiger partial charge in [0.05, 0.1) is 20.4 Å². The van der Waals surface area contributed by atoms with Crippen molar-refractivity contribution in [2.24, 2.45) is 0 Å². The molecule has 0 aliphatic heterocycles. The van der Waals surface area contributed by atoms with E-state index < -0.39 is 24.2 Å². The number of alkyl halides is 6. The number of carbonyl (C=O) groups is 2. The maximum atomic E-state index is 12.4. The fraction of sp³-hybridized carbons (Fsp3) is 0.0833. The van der Waals surface area contributed by atoms with Gasteiger partial charge in [-0.05, 0) is 60.7 Å². The molecule has 194 valence electrons. The van der Waals surface area contributed by atoms with E-state index >= 15 is 0 Å². The third-order valence-electron chi connectivity index (χ3n) is 5.19. The molecular formula is C24H12F6N4O2S2. The van der Waals surface area contributed by atoms with Gasteiger partial charge < -0.3 is 10.6 Å². The number of benzene rings is 3. The van der Waals surface area contributed by atoms with Crippen molar-refractivity contribution in [1.29, 1.82) is 0 Å². The molecule has 5 aromatic rings. The molecule has 2 aromatic heterocycles. The topological polar surface area (TPSA) is 84.0 Å². The summed E-state index contributed by atoms with van der Waals surface area (Å²) in [5.41, 5.74) is 2.65. The molecule has 3 aromatic carbocycles. The lowest BCUT2D eigenvalue weighted by Crippen LogP contribution is -2.29. The number of fused-ring (bicyclic) bond motifs is 2. The van der Waals surface area contributed by atoms with Crippen LogP contribution < -0.4 is 10.6 Å². The van der Waals surface area contributed by atoms with Gasteiger partial charge in [0.25, 0.3) is 0 Å². The molecule has 2 heterocycles. The lowest BCUT2D eigenvalue weighted by molar-refractivity contribution is -0.167. The van der Waals surface area contributed by atoms with Crippen LogP contribution in [-0.2, 0) is 9.59 Å². The van der Waals surface area contributed by atoms with Gasteiger partial charge in [0.2, 0.25) is 0 Å². The molecule has 2 amide bonds. The predicted molar refractivity (Wildman–Crippen MR) is 133 cm³/mol. The fourth-order valence-corrected chi connectivity index (χ4v) is 5.45. The van der Waals surface area contributed by atoms with Crippen LogP contribution >= 0.6 is 22.7 Å². The summed E-state index contributed by atoms with van der Waals surface area (Å²) in [5.74, 6) is -4.11. The van der Waals surface area contributed by atoms with E-state index in [0.717, 1.165) is 9.40 Å². The first kappa shape index (κ1) is 25.6. The highest BCUT2D eigenvalue weighted by molar-refractivity contribution is 7.23. The molecule has 0 saturated heterocycles. The van der Waals surface area contributed by atoms with E-state index in [0.29, 0.717) is 32.2 Å². The van der Waals surface area contributed by atoms with E-state index in [1.54, 1.807) is 41.0 Å². The third kappa shape index (κ3) is 5.31. The normalized spacial score (nSPS) is 12.2. The van der Waals surface area contributed by atoms with Crippen molar-refractivity contribution in [3.63, 3.8) is 0 Å². The molecule has 0 aliphatic carbocycles. The molecule has 0 fully saturated rings. The SMILES string of the molecule is O=C(Nc1ccc(-c2nc3cc4nc(-c5ccc(NC(=O)C(F)(F)F)cc5)sc4cc3s2)cc1)C(F)(F)F. The Balaban J connectivity index is 1.35. The number of carbonyl (C=O) groups excluding carboxylic acids is 2. The van der Waals surface area contributed by atoms with E-state index in [9.17, 15) is 35.9 Å². The highest BCUT2D eigenvalue weighted by atomic mass is 32.1. The minimum Gasteiger partial charge on any atom is -0.318 e. The predicted octanol–water partition coefficient (Wildman–Crippen LogP) is 7.24. The van der Waals surface area contributed by atoms with E-state index in [1.807, 2.05) is 6.07 Å². The summed E-state index contributed by atoms with van der Waals surface area (Å²) in [5, 5.41) is 4.84. The molecule has 6 nitrogen and oxygen atoms in total. The minimum atomic E-state index is -4.98. The van der Waals surface area contributed by atoms with Gasteiger partial charge in [0.1, 0.15) is 10.0 Å². The smallest absolute Gasteiger partial charge is 0.318 e. The number of anilines is 2. The van der Waals surface area contributed by atoms with Crippen LogP contribution in [-0.4, -0.2) is 34.1 Å². The Morgan fingerprint density at radius 1 is 0.605 bits per heavy atom. The molecule has 14 heteroatoms. The molecule has 0 aliphatic rings. The van der Waals surface area contributed by atoms with Crippen LogP contribution in [0.2, 0.25) is 0 Å². The van der Waals surface area contributed by atoms with Gasteiger partial charge >= 0.3 is 24.2 Å². The van der Waals surface area contributed by atoms with Gasteiger partial charge in [-0.2, -0.15) is 26.3 Å². The number of halogens is 6. The Bertz CT molecular complexity index is 1500. The molecule has 5 rings (SSSR count). The number of amides is 2. The molecule has 38 heavy (non-hydrogen) atoms. The largest absolute Gasteiger partial charge is 0.471 e. The van der Waals surface area contributed by atoms with E-state index in [1.165, 1.54) is 46.9 Å². The zero-order valence-electron chi connectivity index (χ0n) is 18.6. The van der Waals surface area contributed by atoms with Crippen molar-refractivity contribution < 1.29 is 35.9 Å². The van der Waals surface area contributed by atoms with Crippen LogP contribution in [0.3, 0.4) is 0 Å². The Kier molecular flexibility index (Phi) is 6.31. The second-order valence-corrected chi connectivity index (χ2v) is 9.95. The number of aromatic nitrogens is 2. The van der Waals surface area contributed by atoms with E-state index in [2.05, 4.69) is 9.97 Å². The second-order valence-electron chi connectivity index (χ2n) is 7.88. The van der Waals surface area contributed by atoms with Gasteiger partial charge in [-0.25, -0.2) is 9.97 Å². The maximum absolute atomic E-state index is 12.4. The second kappa shape index (κ2) is 9.36. The summed E-state index contributed by atoms with van der Waals surface area (Å²) >= 11 is 2.74. The van der Waals surface area contributed by atoms with Gasteiger partial charge in [0.15, 0.2) is 0 Å². The number of nitrogens with zero attached hydrogens (tertiary/aromatic N) is 2. The molecule has 0 radical (unpaired) electrons. The summed E-state index contributed by atoms with van der Waals surface area (Å²) < 4.78 is 76.3. The van der Waals surface area contributed by atoms with Crippen molar-refractivity contribution in [1.82, 2.24) is 9.97 Å². The molecule has 0 saturated carbocycles. The van der Waals surface area contributed by atoms with Gasteiger partial charge in [-0.3, -0.25) is 9.59 Å². The van der Waals surface area contributed by atoms with Crippen LogP contribution in [0.1, 0.15) is 0 Å². The van der Waals surface area contributed by atoms with Crippen molar-refractivity contribution >= 4 is 66.3 Å². The quantitative estimate of drug-likeness (QED) is 0.225. The average Bonchev–Trinajstić information content (AvgIpc) is 3.45. The number of rotatable bonds is 4. The van der Waals surface area contributed by atoms with Crippen molar-refractivity contribution in [2.45, 2.75) is 12.4 Å². The number of thiazole rings is 2. The molecule has 0 spiro atoms. The first-order valence-electron chi connectivity index (χ1n) is 10.6. The lowest BCUT2D eigenvalue weighted by atomic mass is 10.2. The minimum absolute atomic E-state index is 0.00481. The summed E-state index contributed by atoms with van der Waals surface area (Å²) in [6.45, 7) is 0. The van der Waals surface area contributed by atoms with Crippen LogP contribution in [0.4, 0.5) is 37.7 Å². The van der Waals surface area contributed by atoms with E-state index in [4.69, 9.17) is 0 Å². The first-order valence-corrected chi connectivity index (χ1v) is 12.2. The average molecular weight is 567 g/mol. The first-order chi connectivity index (χ1) is 17.9. The molecular weight excluding hydrogens is 554 g/mol. The number of hydrogen-bond acceptors (Lipinski definition) is 6. The van der Waals surface area contributed by atoms with Crippen molar-refractivity contribution in [3.05, 3.63) is 60.7 Å². The van der Waals surface area contributed by atoms with Crippen molar-refractivity contribution in [3.8, 4) is 21.1 Å². The molecule has 2 N–H and O–H groups in total. The van der Waals surface area contributed by atoms with E-state index in [-0.39, 0.29) is 11.4 Å². The van der Waals surface area contributed by atoms with Crippen LogP contribution in [0.5, 0.6) is 0 Å². The van der Waals surface area contributed by atoms with Crippen LogP contribution in [0, 0.1) is 0 Å². The van der Waals surface area contributed by atoms with Crippen LogP contribution in [0.15, 0.2) is 60.7 Å². The summed E-state index contributed by atoms with van der Waals surface area (Å²) in [7, 11) is 0. The van der Waals surface area contributed by atoms with Gasteiger partial charge in [-0.1, -0.05) is 0 Å². The summed E-state index contributed by atoms with van der Waals surface area (Å²) in [6, 6.07) is 15.4. The number of nitrogens with one attached hydrogen (secondary N) is 2. The van der Waals surface area contributed by atoms with Gasteiger partial charge in [0, 0.05) is 22.5 Å². The zero-order valence-corrected chi connectivity index (χ0v) is 20.2. The van der Waals surface area contributed by atoms with Crippen molar-refractivity contribution in [2.75, 3.05) is 10.6 Å². The standard InChI is InChI=1S/C24H12F6N4O2S2/c25-23(26,27)21(35)31-13-5-1-11(2-6-13)19-33-15-9-16-18(10-17(15)37-19)38-20(34-16)12-3-7-14(8-4-12)32-22(36)24(28,29)30/h1-10H,(H,31,35)(H,32,36). The summed E-state index contributed by atoms with van der Waals surface area (Å²) in [6.07, 6.45) is -9.96. The maximum Gasteiger partial charge on any atom is 0.471 e. The molecule has 0 bridgehead atoms. The monoisotopic (exact) mass is 566 g/mol. The fourth-order valence-electron chi connectivity index (χ4n) is 3.39. The Hall–Kier alpha value is -4.04. The number of hydrogen-bond donors (Lipinski definition) is 2.